The van der Waals surface area contributed by atoms with E-state index in [0.29, 0.717) is 6.54 Å². The third-order valence-corrected chi connectivity index (χ3v) is 3.84. The first-order chi connectivity index (χ1) is 10.2. The third-order valence-electron chi connectivity index (χ3n) is 3.84. The number of nitrogens with zero attached hydrogens (tertiary/aromatic N) is 1. The Morgan fingerprint density at radius 1 is 1.00 bits per heavy atom. The molecule has 3 heteroatoms. The minimum Gasteiger partial charge on any atom is -0.481 e. The highest BCUT2D eigenvalue weighted by Gasteiger charge is 2.08. The zero-order valence-corrected chi connectivity index (χ0v) is 13.5. The summed E-state index contributed by atoms with van der Waals surface area (Å²) in [5.41, 5.74) is 2.46. The lowest BCUT2D eigenvalue weighted by atomic mass is 10.1. The van der Waals surface area contributed by atoms with Crippen molar-refractivity contribution in [3.63, 3.8) is 0 Å². The zero-order valence-electron chi connectivity index (χ0n) is 13.5. The summed E-state index contributed by atoms with van der Waals surface area (Å²) in [7, 11) is 0. The van der Waals surface area contributed by atoms with Crippen molar-refractivity contribution < 1.29 is 9.90 Å². The molecule has 1 rings (SSSR count). The predicted octanol–water partition coefficient (Wildman–Crippen LogP) is 4.50. The highest BCUT2D eigenvalue weighted by Crippen LogP contribution is 2.17. The maximum atomic E-state index is 10.8. The molecule has 0 bridgehead atoms. The van der Waals surface area contributed by atoms with E-state index in [1.54, 1.807) is 0 Å². The van der Waals surface area contributed by atoms with Crippen molar-refractivity contribution in [2.75, 3.05) is 18.0 Å². The first kappa shape index (κ1) is 17.5. The van der Waals surface area contributed by atoms with Crippen molar-refractivity contribution in [1.29, 1.82) is 0 Å². The minimum atomic E-state index is -0.726. The van der Waals surface area contributed by atoms with E-state index in [1.807, 2.05) is 0 Å². The average Bonchev–Trinajstić information content (AvgIpc) is 2.50. The molecule has 0 fully saturated rings. The van der Waals surface area contributed by atoms with Crippen molar-refractivity contribution in [2.24, 2.45) is 0 Å². The van der Waals surface area contributed by atoms with Gasteiger partial charge in [-0.25, -0.2) is 0 Å². The van der Waals surface area contributed by atoms with Gasteiger partial charge in [-0.2, -0.15) is 0 Å². The van der Waals surface area contributed by atoms with E-state index >= 15 is 0 Å². The number of benzene rings is 1. The molecule has 0 saturated heterocycles. The first-order valence-corrected chi connectivity index (χ1v) is 8.23. The second kappa shape index (κ2) is 10.3. The van der Waals surface area contributed by atoms with Crippen molar-refractivity contribution in [1.82, 2.24) is 0 Å². The molecule has 0 saturated carbocycles. The van der Waals surface area contributed by atoms with Crippen molar-refractivity contribution in [3.8, 4) is 0 Å². The molecule has 0 aliphatic heterocycles. The van der Waals surface area contributed by atoms with E-state index < -0.39 is 5.97 Å². The summed E-state index contributed by atoms with van der Waals surface area (Å²) >= 11 is 0. The molecule has 0 radical (unpaired) electrons. The van der Waals surface area contributed by atoms with Gasteiger partial charge >= 0.3 is 5.97 Å². The van der Waals surface area contributed by atoms with Gasteiger partial charge in [0.25, 0.3) is 0 Å². The Bertz CT molecular complexity index is 400. The van der Waals surface area contributed by atoms with Crippen LogP contribution < -0.4 is 4.90 Å². The molecule has 0 atom stereocenters. The number of aryl methyl sites for hydroxylation is 1. The van der Waals surface area contributed by atoms with Gasteiger partial charge in [0.15, 0.2) is 0 Å². The highest BCUT2D eigenvalue weighted by molar-refractivity contribution is 5.67. The summed E-state index contributed by atoms with van der Waals surface area (Å²) < 4.78 is 0. The fraction of sp³-hybridized carbons (Fsp3) is 0.611. The summed E-state index contributed by atoms with van der Waals surface area (Å²) in [6.45, 7) is 5.90. The van der Waals surface area contributed by atoms with Crippen LogP contribution in [0.4, 0.5) is 5.69 Å². The number of aliphatic carboxylic acids is 1. The fourth-order valence-electron chi connectivity index (χ4n) is 2.45. The number of unbranched alkanes of at least 4 members (excludes halogenated alkanes) is 4. The predicted molar refractivity (Wildman–Crippen MR) is 89.0 cm³/mol. The fourth-order valence-corrected chi connectivity index (χ4v) is 2.45. The van der Waals surface area contributed by atoms with Crippen LogP contribution in [0.25, 0.3) is 0 Å². The monoisotopic (exact) mass is 291 g/mol. The molecule has 1 N–H and O–H groups in total. The maximum absolute atomic E-state index is 10.8. The van der Waals surface area contributed by atoms with Crippen LogP contribution in [0.5, 0.6) is 0 Å². The molecule has 0 spiro atoms. The van der Waals surface area contributed by atoms with Gasteiger partial charge in [0.05, 0.1) is 6.42 Å². The van der Waals surface area contributed by atoms with Crippen LogP contribution in [0, 0.1) is 0 Å². The largest absolute Gasteiger partial charge is 0.481 e. The summed E-state index contributed by atoms with van der Waals surface area (Å²) in [6.07, 6.45) is 7.41. The molecule has 0 aliphatic carbocycles. The number of hydrogen-bond acceptors (Lipinski definition) is 2. The lowest BCUT2D eigenvalue weighted by Crippen LogP contribution is -2.27. The van der Waals surface area contributed by atoms with Crippen LogP contribution in [0.3, 0.4) is 0 Å². The van der Waals surface area contributed by atoms with E-state index in [-0.39, 0.29) is 6.42 Å². The summed E-state index contributed by atoms with van der Waals surface area (Å²) in [4.78, 5) is 13.0. The maximum Gasteiger partial charge on any atom is 0.305 e. The quantitative estimate of drug-likeness (QED) is 0.610. The van der Waals surface area contributed by atoms with Crippen molar-refractivity contribution in [2.45, 2.75) is 58.8 Å². The average molecular weight is 291 g/mol. The number of anilines is 1. The third kappa shape index (κ3) is 7.16. The summed E-state index contributed by atoms with van der Waals surface area (Å²) in [5.74, 6) is -0.726. The van der Waals surface area contributed by atoms with Crippen LogP contribution in [-0.2, 0) is 11.2 Å². The highest BCUT2D eigenvalue weighted by atomic mass is 16.4. The minimum absolute atomic E-state index is 0.199. The molecule has 1 aromatic rings. The van der Waals surface area contributed by atoms with Crippen molar-refractivity contribution in [3.05, 3.63) is 29.8 Å². The van der Waals surface area contributed by atoms with E-state index in [0.717, 1.165) is 25.1 Å². The first-order valence-electron chi connectivity index (χ1n) is 8.23. The lowest BCUT2D eigenvalue weighted by molar-refractivity contribution is -0.136. The lowest BCUT2D eigenvalue weighted by Gasteiger charge is -2.24. The Morgan fingerprint density at radius 2 is 1.67 bits per heavy atom. The molecule has 118 valence electrons. The molecule has 0 aromatic heterocycles. The summed E-state index contributed by atoms with van der Waals surface area (Å²) in [5, 5.41) is 8.91. The smallest absolute Gasteiger partial charge is 0.305 e. The van der Waals surface area contributed by atoms with E-state index in [1.165, 1.54) is 31.2 Å². The van der Waals surface area contributed by atoms with Crippen LogP contribution in [0.2, 0.25) is 0 Å². The Hall–Kier alpha value is -1.51. The van der Waals surface area contributed by atoms with Gasteiger partial charge in [-0.3, -0.25) is 4.79 Å². The molecular weight excluding hydrogens is 262 g/mol. The number of carboxylic acids is 1. The van der Waals surface area contributed by atoms with E-state index in [9.17, 15) is 4.79 Å². The molecule has 3 nitrogen and oxygen atoms in total. The molecule has 0 unspecified atom stereocenters. The van der Waals surface area contributed by atoms with E-state index in [2.05, 4.69) is 43.0 Å². The molecule has 1 aromatic carbocycles. The molecule has 0 aliphatic rings. The molecule has 21 heavy (non-hydrogen) atoms. The van der Waals surface area contributed by atoms with Crippen LogP contribution in [-0.4, -0.2) is 24.2 Å². The van der Waals surface area contributed by atoms with Gasteiger partial charge in [-0.15, -0.1) is 0 Å². The van der Waals surface area contributed by atoms with Gasteiger partial charge < -0.3 is 10.0 Å². The Labute approximate surface area is 129 Å². The standard InChI is InChI=1S/C18H29NO2/c1-3-5-6-7-8-14-19(15-13-18(20)21)17-11-9-16(4-2)10-12-17/h9-12H,3-8,13-15H2,1-2H3,(H,20,21). The van der Waals surface area contributed by atoms with Crippen LogP contribution in [0.1, 0.15) is 57.9 Å². The topological polar surface area (TPSA) is 40.5 Å². The van der Waals surface area contributed by atoms with Gasteiger partial charge in [0.1, 0.15) is 0 Å². The second-order valence-corrected chi connectivity index (χ2v) is 5.57. The Kier molecular flexibility index (Phi) is 8.56. The van der Waals surface area contributed by atoms with Crippen molar-refractivity contribution >= 4 is 11.7 Å². The van der Waals surface area contributed by atoms with Crippen LogP contribution >= 0.6 is 0 Å². The molecule has 0 heterocycles. The Morgan fingerprint density at radius 3 is 2.24 bits per heavy atom. The number of carboxylic acid groups (broad SMARTS) is 1. The Balaban J connectivity index is 2.55. The van der Waals surface area contributed by atoms with Gasteiger partial charge in [0.2, 0.25) is 0 Å². The normalized spacial score (nSPS) is 10.6. The number of hydrogen-bond donors (Lipinski definition) is 1. The zero-order chi connectivity index (χ0) is 15.5. The van der Waals surface area contributed by atoms with E-state index in [4.69, 9.17) is 5.11 Å². The van der Waals surface area contributed by atoms with Crippen LogP contribution in [0.15, 0.2) is 24.3 Å². The SMILES string of the molecule is CCCCCCCN(CCC(=O)O)c1ccc(CC)cc1. The number of carbonyl (C=O) groups is 1. The molecular formula is C18H29NO2. The summed E-state index contributed by atoms with van der Waals surface area (Å²) in [6, 6.07) is 8.51. The second-order valence-electron chi connectivity index (χ2n) is 5.57. The number of rotatable bonds is 11. The van der Waals surface area contributed by atoms with Gasteiger partial charge in [0, 0.05) is 18.8 Å². The van der Waals surface area contributed by atoms with Gasteiger partial charge in [-0.05, 0) is 30.5 Å². The molecule has 0 amide bonds. The van der Waals surface area contributed by atoms with Gasteiger partial charge in [-0.1, -0.05) is 51.7 Å².